The monoisotopic (exact) mass is 563 g/mol. The van der Waals surface area contributed by atoms with Crippen molar-refractivity contribution in [1.29, 1.82) is 0 Å². The van der Waals surface area contributed by atoms with Crippen LogP contribution < -0.4 is 0 Å². The summed E-state index contributed by atoms with van der Waals surface area (Å²) in [6.45, 7) is -3.40. The van der Waals surface area contributed by atoms with Crippen molar-refractivity contribution in [2.24, 2.45) is 0 Å². The minimum atomic E-state index is -6.65. The van der Waals surface area contributed by atoms with Gasteiger partial charge in [0.15, 0.2) is 0 Å². The van der Waals surface area contributed by atoms with Gasteiger partial charge in [0.2, 0.25) is 0 Å². The quantitative estimate of drug-likeness (QED) is 0.349. The van der Waals surface area contributed by atoms with Crippen LogP contribution in [0.5, 0.6) is 0 Å². The van der Waals surface area contributed by atoms with E-state index in [0.717, 1.165) is 0 Å². The van der Waals surface area contributed by atoms with Gasteiger partial charge in [-0.05, 0) is 0 Å². The Balaban J connectivity index is 3.48. The van der Waals surface area contributed by atoms with E-state index < -0.39 is 42.1 Å². The second-order valence-corrected chi connectivity index (χ2v) is 6.21. The molecule has 1 heterocycles. The molecule has 1 rings (SSSR count). The van der Waals surface area contributed by atoms with Crippen molar-refractivity contribution in [3.63, 3.8) is 0 Å². The maximum atomic E-state index is 12.8. The zero-order valence-corrected chi connectivity index (χ0v) is 10.9. The number of halogens is 12. The second kappa shape index (κ2) is 3.55. The molecule has 1 saturated heterocycles. The molecule has 14 heteroatoms. The molecule has 0 spiro atoms. The van der Waals surface area contributed by atoms with E-state index in [1.54, 1.807) is 0 Å². The molecule has 1 aliphatic rings. The molecule has 0 amide bonds. The van der Waals surface area contributed by atoms with Crippen molar-refractivity contribution >= 4 is 6.67 Å². The summed E-state index contributed by atoms with van der Waals surface area (Å²) >= 11 is 0. The first kappa shape index (κ1) is 16.0. The van der Waals surface area contributed by atoms with Gasteiger partial charge in [0, 0.05) is 0 Å². The Hall–Kier alpha value is -2.01. The Kier molecular flexibility index (Phi) is 2.85. The van der Waals surface area contributed by atoms with Gasteiger partial charge < -0.3 is 0 Å². The molecule has 1 aliphatic heterocycles. The van der Waals surface area contributed by atoms with E-state index in [1.165, 1.54) is 0 Å². The summed E-state index contributed by atoms with van der Waals surface area (Å²) in [4.78, 5) is 0. The molecule has 123 valence electrons. The molecule has 0 saturated carbocycles. The summed E-state index contributed by atoms with van der Waals surface area (Å²) < 4.78 is 145. The first-order valence-corrected chi connectivity index (χ1v) is 6.51. The molecule has 0 aromatic rings. The summed E-state index contributed by atoms with van der Waals surface area (Å²) in [6.07, 6.45) is -5.98. The van der Waals surface area contributed by atoms with Crippen molar-refractivity contribution in [3.8, 4) is 0 Å². The molecule has 0 aliphatic carbocycles. The second-order valence-electron chi connectivity index (χ2n) is 3.29. The Labute approximate surface area is 96.1 Å². The third-order valence-electron chi connectivity index (χ3n) is 1.94. The maximum absolute atomic E-state index is 12.8. The summed E-state index contributed by atoms with van der Waals surface area (Å²) in [7, 11) is 0. The van der Waals surface area contributed by atoms with Gasteiger partial charge in [-0.2, -0.15) is 0 Å². The predicted octanol–water partition coefficient (Wildman–Crippen LogP) is 3.42. The zero-order valence-electron chi connectivity index (χ0n) is 8.30. The van der Waals surface area contributed by atoms with Crippen LogP contribution in [0.4, 0.5) is 52.7 Å². The molecule has 0 aromatic heterocycles. The Morgan fingerprint density at radius 1 is 0.750 bits per heavy atom. The number of hydrogen-bond donors (Lipinski definition) is 0. The first-order valence-electron chi connectivity index (χ1n) is 4.01. The number of rotatable bonds is 1. The van der Waals surface area contributed by atoms with Crippen LogP contribution in [0.3, 0.4) is 0 Å². The number of hydrogen-bond acceptors (Lipinski definition) is 1. The van der Waals surface area contributed by atoms with Crippen molar-refractivity contribution < 1.29 is 52.7 Å². The normalized spacial score (nSPS) is 28.3. The molecular weight excluding hydrogens is 565 g/mol. The predicted molar refractivity (Wildman–Crippen MR) is 33.8 cm³/mol. The SMILES string of the molecule is F/[C](=[Cf]\[N]1C(F)(F)C(F)(F)C(F)(F)C1(F)F)C(F)(F)F. The van der Waals surface area contributed by atoms with Crippen LogP contribution in [0.2, 0.25) is 0 Å². The van der Waals surface area contributed by atoms with E-state index in [0.29, 0.717) is 0 Å². The van der Waals surface area contributed by atoms with Crippen molar-refractivity contribution in [2.75, 3.05) is 0 Å². The molecule has 0 atom stereocenters. The number of alkyl halides is 11. The fourth-order valence-electron chi connectivity index (χ4n) is 0.974. The zero-order chi connectivity index (χ0) is 16.4. The van der Waals surface area contributed by atoms with E-state index in [1.807, 2.05) is 0 Å². The van der Waals surface area contributed by atoms with Crippen LogP contribution in [-0.2, 0) is 0 Å². The van der Waals surface area contributed by atoms with Crippen LogP contribution in [0.1, 0.15) is 0 Å². The van der Waals surface area contributed by atoms with Gasteiger partial charge in [-0.1, -0.05) is 0 Å². The van der Waals surface area contributed by atoms with Crippen LogP contribution in [0, 0.1) is 0 Å². The molecule has 1 nitrogen and oxygen atoms in total. The average Bonchev–Trinajstić information content (AvgIpc) is 2.27. The van der Waals surface area contributed by atoms with E-state index in [9.17, 15) is 52.7 Å². The topological polar surface area (TPSA) is 3.24 Å². The molecule has 1 fully saturated rings. The van der Waals surface area contributed by atoms with Crippen LogP contribution in [0.25, 0.3) is 0 Å². The van der Waals surface area contributed by atoms with Gasteiger partial charge >= 0.3 is 94.8 Å². The number of nitrogens with zero attached hydrogens (tertiary/aromatic N) is 1. The summed E-state index contributed by atoms with van der Waals surface area (Å²) in [5.41, 5.74) is 0. The van der Waals surface area contributed by atoms with Gasteiger partial charge in [0.1, 0.15) is 0 Å². The van der Waals surface area contributed by atoms with Gasteiger partial charge in [0.25, 0.3) is 0 Å². The van der Waals surface area contributed by atoms with Crippen LogP contribution >= 0.6 is 0 Å². The van der Waals surface area contributed by atoms with Crippen LogP contribution in [-0.4, -0.2) is 42.1 Å². The fourth-order valence-corrected chi connectivity index (χ4v) is 3.30. The molecule has 0 unspecified atom stereocenters. The summed E-state index contributed by atoms with van der Waals surface area (Å²) in [5, 5.41) is -2.36. The third kappa shape index (κ3) is 1.63. The van der Waals surface area contributed by atoms with E-state index in [2.05, 4.69) is 0 Å². The average molecular weight is 565 g/mol. The van der Waals surface area contributed by atoms with Crippen molar-refractivity contribution in [3.05, 3.63) is 0 Å². The van der Waals surface area contributed by atoms with E-state index in [4.69, 9.17) is 0 Å². The molecule has 0 radical (unpaired) electrons. The fraction of sp³-hybridized carbons (Fsp3) is 0.833. The van der Waals surface area contributed by atoms with Gasteiger partial charge in [0.05, 0.1) is 0 Å². The molecular formula is C6CfF12N. The summed E-state index contributed by atoms with van der Waals surface area (Å²) in [5.74, 6) is -13.3. The summed E-state index contributed by atoms with van der Waals surface area (Å²) in [6, 6.07) is -12.6. The molecule has 0 aromatic carbocycles. The van der Waals surface area contributed by atoms with Crippen molar-refractivity contribution in [1.82, 2.24) is 5.32 Å². The van der Waals surface area contributed by atoms with Gasteiger partial charge in [-0.25, -0.2) is 0 Å². The molecule has 0 bridgehead atoms. The third-order valence-corrected chi connectivity index (χ3v) is 5.27. The Bertz CT molecular complexity index is 410. The Morgan fingerprint density at radius 3 is 1.30 bits per heavy atom. The van der Waals surface area contributed by atoms with E-state index in [-0.39, 0.29) is 0 Å². The standard InChI is InChI=1S/C4F8N.C2F4.Cf/c5-1(6)2(7,8)4(11,12)13-3(1,9)10;3-1-2(4,5)6;/q-1;;+1. The van der Waals surface area contributed by atoms with Crippen LogP contribution in [0.15, 0.2) is 0 Å². The molecule has 0 N–H and O–H groups in total. The molecule has 20 heavy (non-hydrogen) atoms. The first-order chi connectivity index (χ1) is 8.51. The minimum absolute atomic E-state index is 2.36. The van der Waals surface area contributed by atoms with Crippen molar-refractivity contribution in [2.45, 2.75) is 30.1 Å². The van der Waals surface area contributed by atoms with Gasteiger partial charge in [-0.3, -0.25) is 0 Å². The van der Waals surface area contributed by atoms with E-state index >= 15 is 0 Å². The van der Waals surface area contributed by atoms with Gasteiger partial charge in [-0.15, -0.1) is 0 Å². The Morgan fingerprint density at radius 2 is 1.05 bits per heavy atom.